The maximum Gasteiger partial charge on any atom is 0.269 e. The first-order valence-corrected chi connectivity index (χ1v) is 12.7. The molecule has 0 saturated heterocycles. The van der Waals surface area contributed by atoms with Gasteiger partial charge in [-0.15, -0.1) is 0 Å². The van der Waals surface area contributed by atoms with Crippen molar-refractivity contribution in [1.82, 2.24) is 3.97 Å². The van der Waals surface area contributed by atoms with E-state index < -0.39 is 20.4 Å². The zero-order valence-electron chi connectivity index (χ0n) is 18.7. The van der Waals surface area contributed by atoms with Gasteiger partial charge in [0, 0.05) is 40.5 Å². The van der Waals surface area contributed by atoms with Crippen molar-refractivity contribution >= 4 is 32.4 Å². The molecule has 0 bridgehead atoms. The Labute approximate surface area is 196 Å². The van der Waals surface area contributed by atoms with Gasteiger partial charge in [0.2, 0.25) is 10.0 Å². The van der Waals surface area contributed by atoms with Crippen molar-refractivity contribution in [1.29, 1.82) is 0 Å². The Balaban J connectivity index is 1.79. The van der Waals surface area contributed by atoms with Crippen molar-refractivity contribution in [3.05, 3.63) is 99.6 Å². The van der Waals surface area contributed by atoms with Crippen molar-refractivity contribution in [2.45, 2.75) is 25.2 Å². The first-order chi connectivity index (χ1) is 16.1. The molecule has 34 heavy (non-hydrogen) atoms. The maximum atomic E-state index is 13.0. The van der Waals surface area contributed by atoms with Crippen LogP contribution in [0.2, 0.25) is 0 Å². The van der Waals surface area contributed by atoms with E-state index in [2.05, 4.69) is 0 Å². The van der Waals surface area contributed by atoms with Gasteiger partial charge in [0.1, 0.15) is 0 Å². The molecule has 0 fully saturated rings. The smallest absolute Gasteiger partial charge is 0.269 e. The molecule has 0 N–H and O–H groups in total. The van der Waals surface area contributed by atoms with Crippen LogP contribution in [0.25, 0.3) is 22.2 Å². The minimum atomic E-state index is -3.72. The normalized spacial score (nSPS) is 17.8. The van der Waals surface area contributed by atoms with Crippen LogP contribution in [0.15, 0.2) is 72.8 Å². The molecule has 0 amide bonds. The summed E-state index contributed by atoms with van der Waals surface area (Å²) in [5.74, 6) is 0.0711. The first kappa shape index (κ1) is 22.0. The Morgan fingerprint density at radius 2 is 1.65 bits per heavy atom. The predicted octanol–water partition coefficient (Wildman–Crippen LogP) is 5.11. The van der Waals surface area contributed by atoms with Crippen LogP contribution in [-0.4, -0.2) is 29.4 Å². The third kappa shape index (κ3) is 3.42. The second-order valence-corrected chi connectivity index (χ2v) is 10.9. The van der Waals surface area contributed by atoms with Gasteiger partial charge in [-0.25, -0.2) is 12.4 Å². The van der Waals surface area contributed by atoms with Crippen LogP contribution in [0.4, 0.5) is 5.69 Å². The van der Waals surface area contributed by atoms with Gasteiger partial charge in [-0.3, -0.25) is 14.9 Å². The Kier molecular flexibility index (Phi) is 4.95. The summed E-state index contributed by atoms with van der Waals surface area (Å²) in [5.41, 5.74) is 3.42. The summed E-state index contributed by atoms with van der Waals surface area (Å²) in [6, 6.07) is 20.7. The Morgan fingerprint density at radius 1 is 1.00 bits per heavy atom. The molecule has 1 atom stereocenters. The number of hydrogen-bond donors (Lipinski definition) is 0. The van der Waals surface area contributed by atoms with E-state index in [1.54, 1.807) is 24.3 Å². The van der Waals surface area contributed by atoms with Crippen LogP contribution in [-0.2, 0) is 21.9 Å². The summed E-state index contributed by atoms with van der Waals surface area (Å²) in [5, 5.41) is 12.0. The minimum absolute atomic E-state index is 0.0711. The van der Waals surface area contributed by atoms with Gasteiger partial charge >= 0.3 is 0 Å². The van der Waals surface area contributed by atoms with Crippen molar-refractivity contribution < 1.29 is 18.1 Å². The van der Waals surface area contributed by atoms with Gasteiger partial charge < -0.3 is 0 Å². The number of ketones is 1. The van der Waals surface area contributed by atoms with Gasteiger partial charge in [0.25, 0.3) is 5.69 Å². The van der Waals surface area contributed by atoms with Gasteiger partial charge in [-0.2, -0.15) is 0 Å². The molecule has 0 saturated carbocycles. The van der Waals surface area contributed by atoms with E-state index in [4.69, 9.17) is 0 Å². The standard InChI is InChI=1S/C26H22N2O5S/c1-26(16-24(29)20-8-3-5-9-22(20)26)15-21-19-7-4-6-10-23(19)27(34(2,32)33)25(21)17-11-13-18(14-12-17)28(30)31/h3-14H,15-16H2,1-2H3. The predicted molar refractivity (Wildman–Crippen MR) is 131 cm³/mol. The number of para-hydroxylation sites is 1. The van der Waals surface area contributed by atoms with Crippen LogP contribution >= 0.6 is 0 Å². The topological polar surface area (TPSA) is 99.3 Å². The van der Waals surface area contributed by atoms with Crippen molar-refractivity contribution in [3.8, 4) is 11.3 Å². The molecule has 7 nitrogen and oxygen atoms in total. The summed E-state index contributed by atoms with van der Waals surface area (Å²) in [4.78, 5) is 23.5. The highest BCUT2D eigenvalue weighted by molar-refractivity contribution is 7.89. The van der Waals surface area contributed by atoms with Gasteiger partial charge in [0.05, 0.1) is 22.4 Å². The number of benzene rings is 3. The molecular formula is C26H22N2O5S. The molecular weight excluding hydrogens is 452 g/mol. The van der Waals surface area contributed by atoms with Crippen molar-refractivity contribution in [2.75, 3.05) is 6.26 Å². The molecule has 1 aliphatic rings. The lowest BCUT2D eigenvalue weighted by Gasteiger charge is -2.25. The lowest BCUT2D eigenvalue weighted by Crippen LogP contribution is -2.23. The number of aromatic nitrogens is 1. The number of fused-ring (bicyclic) bond motifs is 2. The summed E-state index contributed by atoms with van der Waals surface area (Å²) >= 11 is 0. The highest BCUT2D eigenvalue weighted by Gasteiger charge is 2.41. The maximum absolute atomic E-state index is 13.0. The molecule has 0 radical (unpaired) electrons. The van der Waals surface area contributed by atoms with E-state index in [0.29, 0.717) is 35.2 Å². The van der Waals surface area contributed by atoms with Crippen LogP contribution in [0.1, 0.15) is 34.8 Å². The average molecular weight is 475 g/mol. The first-order valence-electron chi connectivity index (χ1n) is 10.8. The average Bonchev–Trinajstić information content (AvgIpc) is 3.26. The van der Waals surface area contributed by atoms with E-state index in [-0.39, 0.29) is 11.5 Å². The molecule has 1 unspecified atom stereocenters. The van der Waals surface area contributed by atoms with Gasteiger partial charge in [0.15, 0.2) is 5.78 Å². The van der Waals surface area contributed by atoms with Crippen molar-refractivity contribution in [3.63, 3.8) is 0 Å². The Bertz CT molecular complexity index is 1590. The summed E-state index contributed by atoms with van der Waals surface area (Å²) in [6.07, 6.45) is 1.91. The van der Waals surface area contributed by atoms with E-state index in [0.717, 1.165) is 22.8 Å². The molecule has 1 aromatic heterocycles. The second kappa shape index (κ2) is 7.63. The fraction of sp³-hybridized carbons (Fsp3) is 0.192. The highest BCUT2D eigenvalue weighted by atomic mass is 32.2. The lowest BCUT2D eigenvalue weighted by molar-refractivity contribution is -0.384. The second-order valence-electron chi connectivity index (χ2n) is 9.06. The van der Waals surface area contributed by atoms with Gasteiger partial charge in [-0.1, -0.05) is 49.4 Å². The summed E-state index contributed by atoms with van der Waals surface area (Å²) in [7, 11) is -3.72. The lowest BCUT2D eigenvalue weighted by atomic mass is 9.77. The monoisotopic (exact) mass is 474 g/mol. The van der Waals surface area contributed by atoms with Crippen LogP contribution in [0.5, 0.6) is 0 Å². The number of nitro groups is 1. The molecule has 5 rings (SSSR count). The minimum Gasteiger partial charge on any atom is -0.294 e. The number of nitro benzene ring substituents is 1. The number of hydrogen-bond acceptors (Lipinski definition) is 5. The molecule has 0 aliphatic heterocycles. The molecule has 0 spiro atoms. The van der Waals surface area contributed by atoms with Gasteiger partial charge in [-0.05, 0) is 35.7 Å². The number of carbonyl (C=O) groups excluding carboxylic acids is 1. The fourth-order valence-electron chi connectivity index (χ4n) is 5.18. The van der Waals surface area contributed by atoms with E-state index in [9.17, 15) is 23.3 Å². The van der Waals surface area contributed by atoms with Crippen LogP contribution < -0.4 is 0 Å². The van der Waals surface area contributed by atoms with E-state index in [1.165, 1.54) is 16.1 Å². The third-order valence-corrected chi connectivity index (χ3v) is 7.66. The number of rotatable bonds is 5. The quantitative estimate of drug-likeness (QED) is 0.296. The molecule has 4 aromatic rings. The SMILES string of the molecule is CC1(Cc2c(-c3ccc([N+](=O)[O-])cc3)n(S(C)(=O)=O)c3ccccc23)CC(=O)c2ccccc21. The zero-order valence-corrected chi connectivity index (χ0v) is 19.5. The summed E-state index contributed by atoms with van der Waals surface area (Å²) < 4.78 is 27.3. The fourth-order valence-corrected chi connectivity index (χ4v) is 6.24. The molecule has 1 aliphatic carbocycles. The van der Waals surface area contributed by atoms with E-state index >= 15 is 0 Å². The molecule has 8 heteroatoms. The number of carbonyl (C=O) groups is 1. The number of Topliss-reactive ketones (excluding diaryl/α,β-unsaturated/α-hetero) is 1. The Morgan fingerprint density at radius 3 is 2.32 bits per heavy atom. The van der Waals surface area contributed by atoms with E-state index in [1.807, 2.05) is 43.3 Å². The zero-order chi connectivity index (χ0) is 24.3. The largest absolute Gasteiger partial charge is 0.294 e. The molecule has 172 valence electrons. The number of non-ortho nitro benzene ring substituents is 1. The third-order valence-electron chi connectivity index (χ3n) is 6.62. The van der Waals surface area contributed by atoms with Crippen LogP contribution in [0, 0.1) is 10.1 Å². The molecule has 3 aromatic carbocycles. The molecule has 1 heterocycles. The summed E-state index contributed by atoms with van der Waals surface area (Å²) in [6.45, 7) is 2.03. The van der Waals surface area contributed by atoms with Crippen molar-refractivity contribution in [2.24, 2.45) is 0 Å². The Hall–Kier alpha value is -3.78. The van der Waals surface area contributed by atoms with Crippen LogP contribution in [0.3, 0.4) is 0 Å². The highest BCUT2D eigenvalue weighted by Crippen LogP contribution is 2.45. The number of nitrogens with zero attached hydrogens (tertiary/aromatic N) is 2.